The van der Waals surface area contributed by atoms with Gasteiger partial charge >= 0.3 is 0 Å². The number of phenols is 1. The van der Waals surface area contributed by atoms with Gasteiger partial charge in [0.15, 0.2) is 11.5 Å². The minimum absolute atomic E-state index is 0.0608. The number of rotatable bonds is 7. The van der Waals surface area contributed by atoms with Gasteiger partial charge in [-0.15, -0.1) is 0 Å². The number of halogens is 2. The zero-order valence-corrected chi connectivity index (χ0v) is 19.0. The Bertz CT molecular complexity index is 1060. The second kappa shape index (κ2) is 9.47. The van der Waals surface area contributed by atoms with E-state index in [-0.39, 0.29) is 11.5 Å². The van der Waals surface area contributed by atoms with Gasteiger partial charge in [0, 0.05) is 5.02 Å². The zero-order valence-electron chi connectivity index (χ0n) is 15.8. The van der Waals surface area contributed by atoms with Crippen LogP contribution >= 0.6 is 27.5 Å². The molecule has 0 spiro atoms. The number of phenolic OH excluding ortho intramolecular Hbond substituents is 1. The highest BCUT2D eigenvalue weighted by molar-refractivity contribution is 9.10. The first kappa shape index (κ1) is 23.0. The Balaban J connectivity index is 2.17. The molecule has 0 fully saturated rings. The van der Waals surface area contributed by atoms with Gasteiger partial charge in [0.2, 0.25) is 10.0 Å². The van der Waals surface area contributed by atoms with Gasteiger partial charge in [0.05, 0.1) is 29.7 Å². The van der Waals surface area contributed by atoms with Crippen LogP contribution in [0.25, 0.3) is 0 Å². The number of nitrogens with one attached hydrogen (secondary N) is 1. The lowest BCUT2D eigenvalue weighted by Gasteiger charge is -2.23. The molecule has 2 aromatic rings. The van der Waals surface area contributed by atoms with Crippen LogP contribution in [0.5, 0.6) is 11.5 Å². The molecule has 8 nitrogen and oxygen atoms in total. The van der Waals surface area contributed by atoms with E-state index in [1.54, 1.807) is 31.2 Å². The number of carbonyl (C=O) groups is 1. The molecule has 0 aliphatic carbocycles. The molecule has 0 atom stereocenters. The normalized spacial score (nSPS) is 11.5. The van der Waals surface area contributed by atoms with Gasteiger partial charge in [-0.05, 0) is 58.2 Å². The van der Waals surface area contributed by atoms with Crippen molar-refractivity contribution in [2.24, 2.45) is 5.10 Å². The average Bonchev–Trinajstić information content (AvgIpc) is 2.64. The van der Waals surface area contributed by atoms with Crippen LogP contribution in [-0.2, 0) is 14.8 Å². The molecule has 0 saturated heterocycles. The maximum atomic E-state index is 12.3. The van der Waals surface area contributed by atoms with Crippen molar-refractivity contribution < 1.29 is 23.1 Å². The number of nitrogens with zero attached hydrogens (tertiary/aromatic N) is 2. The number of amides is 1. The first-order valence-corrected chi connectivity index (χ1v) is 11.2. The molecule has 0 heterocycles. The molecule has 156 valence electrons. The second-order valence-electron chi connectivity index (χ2n) is 6.00. The van der Waals surface area contributed by atoms with Gasteiger partial charge in [0.25, 0.3) is 5.91 Å². The lowest BCUT2D eigenvalue weighted by molar-refractivity contribution is -0.119. The van der Waals surface area contributed by atoms with Crippen LogP contribution < -0.4 is 14.5 Å². The summed E-state index contributed by atoms with van der Waals surface area (Å²) in [5.41, 5.74) is 3.67. The molecular formula is C18H19BrClN3O5S. The van der Waals surface area contributed by atoms with Crippen molar-refractivity contribution in [1.29, 1.82) is 0 Å². The Kier molecular flexibility index (Phi) is 7.50. The van der Waals surface area contributed by atoms with E-state index in [4.69, 9.17) is 16.3 Å². The molecule has 2 aromatic carbocycles. The highest BCUT2D eigenvalue weighted by Crippen LogP contribution is 2.34. The Labute approximate surface area is 182 Å². The Hall–Kier alpha value is -2.30. The van der Waals surface area contributed by atoms with Gasteiger partial charge < -0.3 is 9.84 Å². The minimum Gasteiger partial charge on any atom is -0.503 e. The summed E-state index contributed by atoms with van der Waals surface area (Å²) in [4.78, 5) is 12.3. The van der Waals surface area contributed by atoms with Crippen molar-refractivity contribution in [2.45, 2.75) is 6.92 Å². The predicted molar refractivity (Wildman–Crippen MR) is 116 cm³/mol. The number of carbonyl (C=O) groups excluding carboxylic acids is 1. The third-order valence-electron chi connectivity index (χ3n) is 3.87. The Morgan fingerprint density at radius 1 is 1.41 bits per heavy atom. The first-order valence-electron chi connectivity index (χ1n) is 8.15. The van der Waals surface area contributed by atoms with Crippen LogP contribution in [-0.4, -0.2) is 45.6 Å². The quantitative estimate of drug-likeness (QED) is 0.445. The monoisotopic (exact) mass is 503 g/mol. The molecule has 0 bridgehead atoms. The summed E-state index contributed by atoms with van der Waals surface area (Å²) < 4.78 is 30.8. The summed E-state index contributed by atoms with van der Waals surface area (Å²) in [5, 5.41) is 14.0. The molecule has 0 aromatic heterocycles. The van der Waals surface area contributed by atoms with Gasteiger partial charge in [-0.2, -0.15) is 5.10 Å². The number of methoxy groups -OCH3 is 1. The number of hydrogen-bond acceptors (Lipinski definition) is 6. The summed E-state index contributed by atoms with van der Waals surface area (Å²) >= 11 is 9.26. The third-order valence-corrected chi connectivity index (χ3v) is 6.01. The van der Waals surface area contributed by atoms with E-state index >= 15 is 0 Å². The topological polar surface area (TPSA) is 108 Å². The van der Waals surface area contributed by atoms with E-state index in [1.807, 2.05) is 0 Å². The molecule has 2 N–H and O–H groups in total. The number of ether oxygens (including phenoxy) is 1. The van der Waals surface area contributed by atoms with Crippen LogP contribution in [0, 0.1) is 6.92 Å². The van der Waals surface area contributed by atoms with Crippen molar-refractivity contribution in [3.63, 3.8) is 0 Å². The second-order valence-corrected chi connectivity index (χ2v) is 9.17. The highest BCUT2D eigenvalue weighted by Gasteiger charge is 2.23. The summed E-state index contributed by atoms with van der Waals surface area (Å²) in [6, 6.07) is 7.91. The van der Waals surface area contributed by atoms with Gasteiger partial charge in [-0.3, -0.25) is 9.10 Å². The van der Waals surface area contributed by atoms with E-state index in [0.717, 1.165) is 10.6 Å². The molecule has 0 unspecified atom stereocenters. The van der Waals surface area contributed by atoms with Crippen molar-refractivity contribution >= 4 is 55.4 Å². The number of aromatic hydroxyl groups is 1. The summed E-state index contributed by atoms with van der Waals surface area (Å²) in [5.74, 6) is -0.475. The lowest BCUT2D eigenvalue weighted by atomic mass is 10.2. The van der Waals surface area contributed by atoms with Gasteiger partial charge in [0.1, 0.15) is 6.54 Å². The molecule has 1 amide bonds. The zero-order chi connectivity index (χ0) is 21.8. The van der Waals surface area contributed by atoms with E-state index in [1.165, 1.54) is 19.4 Å². The fourth-order valence-electron chi connectivity index (χ4n) is 2.42. The number of hydrogen-bond donors (Lipinski definition) is 2. The largest absolute Gasteiger partial charge is 0.503 e. The van der Waals surface area contributed by atoms with E-state index in [0.29, 0.717) is 26.3 Å². The Morgan fingerprint density at radius 3 is 2.72 bits per heavy atom. The Morgan fingerprint density at radius 2 is 2.10 bits per heavy atom. The number of anilines is 1. The molecule has 0 aliphatic rings. The highest BCUT2D eigenvalue weighted by atomic mass is 79.9. The summed E-state index contributed by atoms with van der Waals surface area (Å²) in [7, 11) is -2.33. The van der Waals surface area contributed by atoms with Crippen molar-refractivity contribution in [1.82, 2.24) is 5.43 Å². The van der Waals surface area contributed by atoms with Crippen molar-refractivity contribution in [2.75, 3.05) is 24.2 Å². The molecule has 0 aliphatic heterocycles. The van der Waals surface area contributed by atoms with Gasteiger partial charge in [-0.1, -0.05) is 17.7 Å². The van der Waals surface area contributed by atoms with E-state index in [2.05, 4.69) is 26.5 Å². The molecule has 2 rings (SSSR count). The average molecular weight is 505 g/mol. The van der Waals surface area contributed by atoms with E-state index in [9.17, 15) is 18.3 Å². The fourth-order valence-corrected chi connectivity index (χ4v) is 3.95. The lowest BCUT2D eigenvalue weighted by Crippen LogP contribution is -2.39. The molecule has 0 saturated carbocycles. The maximum absolute atomic E-state index is 12.3. The summed E-state index contributed by atoms with van der Waals surface area (Å²) in [6.45, 7) is 1.20. The number of hydrazone groups is 1. The molecular weight excluding hydrogens is 486 g/mol. The van der Waals surface area contributed by atoms with Crippen LogP contribution in [0.1, 0.15) is 11.1 Å². The molecule has 29 heavy (non-hydrogen) atoms. The standard InChI is InChI=1S/C18H19BrClN3O5S/c1-11-14(20)5-4-6-15(11)23(29(3,26)27)10-17(24)22-21-9-12-7-13(19)18(25)16(8-12)28-2/h4-9,25H,10H2,1-3H3,(H,22,24)/b21-9+. The number of benzene rings is 2. The smallest absolute Gasteiger partial charge is 0.260 e. The van der Waals surface area contributed by atoms with Crippen LogP contribution in [0.2, 0.25) is 5.02 Å². The molecule has 11 heteroatoms. The van der Waals surface area contributed by atoms with Crippen LogP contribution in [0.4, 0.5) is 5.69 Å². The van der Waals surface area contributed by atoms with Crippen LogP contribution in [0.3, 0.4) is 0 Å². The van der Waals surface area contributed by atoms with Gasteiger partial charge in [-0.25, -0.2) is 13.8 Å². The summed E-state index contributed by atoms with van der Waals surface area (Å²) in [6.07, 6.45) is 2.34. The first-order chi connectivity index (χ1) is 13.5. The maximum Gasteiger partial charge on any atom is 0.260 e. The number of sulfonamides is 1. The van der Waals surface area contributed by atoms with Crippen molar-refractivity contribution in [3.05, 3.63) is 51.0 Å². The minimum atomic E-state index is -3.74. The predicted octanol–water partition coefficient (Wildman–Crippen LogP) is 3.04. The van der Waals surface area contributed by atoms with Crippen molar-refractivity contribution in [3.8, 4) is 11.5 Å². The fraction of sp³-hybridized carbons (Fsp3) is 0.222. The van der Waals surface area contributed by atoms with Crippen LogP contribution in [0.15, 0.2) is 39.9 Å². The SMILES string of the molecule is COc1cc(/C=N/NC(=O)CN(c2cccc(Cl)c2C)S(C)(=O)=O)cc(Br)c1O. The van der Waals surface area contributed by atoms with E-state index < -0.39 is 22.5 Å². The molecule has 0 radical (unpaired) electrons. The third kappa shape index (κ3) is 5.84.